The van der Waals surface area contributed by atoms with Crippen molar-refractivity contribution in [2.75, 3.05) is 0 Å². The molecular formula is C11H12ClNO3. The van der Waals surface area contributed by atoms with Gasteiger partial charge < -0.3 is 5.11 Å². The van der Waals surface area contributed by atoms with Crippen molar-refractivity contribution in [1.82, 2.24) is 0 Å². The zero-order valence-electron chi connectivity index (χ0n) is 8.81. The van der Waals surface area contributed by atoms with E-state index in [1.54, 1.807) is 13.0 Å². The summed E-state index contributed by atoms with van der Waals surface area (Å²) in [6.07, 6.45) is 1.24. The second kappa shape index (κ2) is 3.71. The SMILES string of the molecule is CC(O)C1(c2ccc(Cl)c([N+](=O)[O-])c2)CC1. The van der Waals surface area contributed by atoms with Gasteiger partial charge in [0.1, 0.15) is 5.02 Å². The number of benzene rings is 1. The number of aliphatic hydroxyl groups is 1. The van der Waals surface area contributed by atoms with E-state index >= 15 is 0 Å². The molecule has 0 spiro atoms. The van der Waals surface area contributed by atoms with Crippen LogP contribution in [0.3, 0.4) is 0 Å². The Bertz CT molecular complexity index is 441. The summed E-state index contributed by atoms with van der Waals surface area (Å²) < 4.78 is 0. The quantitative estimate of drug-likeness (QED) is 0.654. The van der Waals surface area contributed by atoms with Crippen molar-refractivity contribution in [3.8, 4) is 0 Å². The van der Waals surface area contributed by atoms with Crippen molar-refractivity contribution in [2.24, 2.45) is 0 Å². The summed E-state index contributed by atoms with van der Waals surface area (Å²) in [5.74, 6) is 0. The molecule has 1 aromatic carbocycles. The molecular weight excluding hydrogens is 230 g/mol. The number of aliphatic hydroxyl groups excluding tert-OH is 1. The van der Waals surface area contributed by atoms with Gasteiger partial charge in [-0.2, -0.15) is 0 Å². The fourth-order valence-electron chi connectivity index (χ4n) is 2.04. The molecule has 86 valence electrons. The van der Waals surface area contributed by atoms with Crippen molar-refractivity contribution < 1.29 is 10.0 Å². The molecule has 5 heteroatoms. The molecule has 1 saturated carbocycles. The lowest BCUT2D eigenvalue weighted by atomic mass is 9.90. The molecule has 0 heterocycles. The van der Waals surface area contributed by atoms with E-state index in [1.165, 1.54) is 12.1 Å². The highest BCUT2D eigenvalue weighted by Crippen LogP contribution is 2.51. The van der Waals surface area contributed by atoms with Gasteiger partial charge >= 0.3 is 0 Å². The maximum atomic E-state index is 10.7. The van der Waals surface area contributed by atoms with Crippen LogP contribution in [0.5, 0.6) is 0 Å². The first-order valence-corrected chi connectivity index (χ1v) is 5.48. The second-order valence-electron chi connectivity index (χ2n) is 4.26. The zero-order chi connectivity index (χ0) is 11.9. The van der Waals surface area contributed by atoms with E-state index < -0.39 is 11.0 Å². The van der Waals surface area contributed by atoms with E-state index in [0.717, 1.165) is 18.4 Å². The summed E-state index contributed by atoms with van der Waals surface area (Å²) in [5.41, 5.74) is 0.416. The Labute approximate surface area is 98.0 Å². The highest BCUT2D eigenvalue weighted by atomic mass is 35.5. The third kappa shape index (κ3) is 1.68. The molecule has 16 heavy (non-hydrogen) atoms. The molecule has 1 aliphatic carbocycles. The summed E-state index contributed by atoms with van der Waals surface area (Å²) >= 11 is 5.74. The first-order chi connectivity index (χ1) is 7.47. The summed E-state index contributed by atoms with van der Waals surface area (Å²) in [6, 6.07) is 4.76. The van der Waals surface area contributed by atoms with Gasteiger partial charge in [0.15, 0.2) is 0 Å². The smallest absolute Gasteiger partial charge is 0.288 e. The maximum Gasteiger partial charge on any atom is 0.288 e. The maximum absolute atomic E-state index is 10.7. The Morgan fingerprint density at radius 3 is 2.62 bits per heavy atom. The van der Waals surface area contributed by atoms with Crippen molar-refractivity contribution in [3.05, 3.63) is 38.9 Å². The molecule has 0 bridgehead atoms. The molecule has 0 radical (unpaired) electrons. The molecule has 1 atom stereocenters. The Kier molecular flexibility index (Phi) is 2.64. The molecule has 1 N–H and O–H groups in total. The standard InChI is InChI=1S/C11H12ClNO3/c1-7(14)11(4-5-11)8-2-3-9(12)10(6-8)13(15)16/h2-3,6-7,14H,4-5H2,1H3. The molecule has 1 fully saturated rings. The predicted octanol–water partition coefficient (Wildman–Crippen LogP) is 2.66. The van der Waals surface area contributed by atoms with E-state index in [1.807, 2.05) is 0 Å². The van der Waals surface area contributed by atoms with Crippen LogP contribution >= 0.6 is 11.6 Å². The number of hydrogen-bond acceptors (Lipinski definition) is 3. The molecule has 1 aliphatic rings. The molecule has 0 saturated heterocycles. The van der Waals surface area contributed by atoms with Gasteiger partial charge in [-0.05, 0) is 31.4 Å². The van der Waals surface area contributed by atoms with E-state index in [-0.39, 0.29) is 16.1 Å². The van der Waals surface area contributed by atoms with Crippen molar-refractivity contribution in [2.45, 2.75) is 31.3 Å². The lowest BCUT2D eigenvalue weighted by Crippen LogP contribution is -2.22. The van der Waals surface area contributed by atoms with Crippen LogP contribution in [-0.2, 0) is 5.41 Å². The lowest BCUT2D eigenvalue weighted by Gasteiger charge is -2.18. The number of nitro benzene ring substituents is 1. The van der Waals surface area contributed by atoms with Gasteiger partial charge in [-0.25, -0.2) is 0 Å². The molecule has 1 unspecified atom stereocenters. The first kappa shape index (κ1) is 11.4. The van der Waals surface area contributed by atoms with E-state index in [9.17, 15) is 15.2 Å². The van der Waals surface area contributed by atoms with Gasteiger partial charge in [-0.3, -0.25) is 10.1 Å². The van der Waals surface area contributed by atoms with Gasteiger partial charge in [-0.1, -0.05) is 17.7 Å². The Hall–Kier alpha value is -1.13. The summed E-state index contributed by atoms with van der Waals surface area (Å²) in [6.45, 7) is 1.72. The number of rotatable bonds is 3. The monoisotopic (exact) mass is 241 g/mol. The Morgan fingerprint density at radius 1 is 1.56 bits per heavy atom. The minimum absolute atomic E-state index is 0.0916. The third-order valence-corrected chi connectivity index (χ3v) is 3.63. The average molecular weight is 242 g/mol. The Balaban J connectivity index is 2.44. The first-order valence-electron chi connectivity index (χ1n) is 5.10. The Morgan fingerprint density at radius 2 is 2.19 bits per heavy atom. The number of hydrogen-bond donors (Lipinski definition) is 1. The van der Waals surface area contributed by atoms with Gasteiger partial charge in [0.05, 0.1) is 11.0 Å². The van der Waals surface area contributed by atoms with Crippen LogP contribution in [0.15, 0.2) is 18.2 Å². The van der Waals surface area contributed by atoms with Crippen LogP contribution in [0.2, 0.25) is 5.02 Å². The van der Waals surface area contributed by atoms with Gasteiger partial charge in [0.25, 0.3) is 5.69 Å². The highest BCUT2D eigenvalue weighted by Gasteiger charge is 2.48. The predicted molar refractivity (Wildman–Crippen MR) is 60.7 cm³/mol. The largest absolute Gasteiger partial charge is 0.392 e. The number of nitrogens with zero attached hydrogens (tertiary/aromatic N) is 1. The molecule has 4 nitrogen and oxygen atoms in total. The molecule has 1 aromatic rings. The van der Waals surface area contributed by atoms with Crippen LogP contribution in [0, 0.1) is 10.1 Å². The topological polar surface area (TPSA) is 63.4 Å². The van der Waals surface area contributed by atoms with Crippen LogP contribution in [-0.4, -0.2) is 16.1 Å². The normalized spacial score (nSPS) is 19.2. The van der Waals surface area contributed by atoms with Gasteiger partial charge in [0, 0.05) is 11.5 Å². The fourth-order valence-corrected chi connectivity index (χ4v) is 2.23. The summed E-state index contributed by atoms with van der Waals surface area (Å²) in [4.78, 5) is 10.3. The third-order valence-electron chi connectivity index (χ3n) is 3.31. The zero-order valence-corrected chi connectivity index (χ0v) is 9.57. The summed E-state index contributed by atoms with van der Waals surface area (Å²) in [5, 5.41) is 20.6. The van der Waals surface area contributed by atoms with Crippen LogP contribution in [0.25, 0.3) is 0 Å². The number of halogens is 1. The van der Waals surface area contributed by atoms with Crippen LogP contribution in [0.1, 0.15) is 25.3 Å². The van der Waals surface area contributed by atoms with E-state index in [0.29, 0.717) is 0 Å². The minimum atomic E-state index is -0.496. The van der Waals surface area contributed by atoms with E-state index in [4.69, 9.17) is 11.6 Å². The van der Waals surface area contributed by atoms with Crippen LogP contribution < -0.4 is 0 Å². The number of nitro groups is 1. The van der Waals surface area contributed by atoms with Gasteiger partial charge in [-0.15, -0.1) is 0 Å². The molecule has 0 amide bonds. The average Bonchev–Trinajstić information content (AvgIpc) is 2.98. The second-order valence-corrected chi connectivity index (χ2v) is 4.66. The van der Waals surface area contributed by atoms with Crippen molar-refractivity contribution in [3.63, 3.8) is 0 Å². The highest BCUT2D eigenvalue weighted by molar-refractivity contribution is 6.32. The molecule has 0 aromatic heterocycles. The van der Waals surface area contributed by atoms with Crippen molar-refractivity contribution >= 4 is 17.3 Å². The molecule has 2 rings (SSSR count). The molecule has 0 aliphatic heterocycles. The van der Waals surface area contributed by atoms with Crippen LogP contribution in [0.4, 0.5) is 5.69 Å². The fraction of sp³-hybridized carbons (Fsp3) is 0.455. The minimum Gasteiger partial charge on any atom is -0.392 e. The van der Waals surface area contributed by atoms with Crippen molar-refractivity contribution in [1.29, 1.82) is 0 Å². The van der Waals surface area contributed by atoms with E-state index in [2.05, 4.69) is 0 Å². The van der Waals surface area contributed by atoms with Gasteiger partial charge in [0.2, 0.25) is 0 Å². The lowest BCUT2D eigenvalue weighted by molar-refractivity contribution is -0.384. The summed E-state index contributed by atoms with van der Waals surface area (Å²) in [7, 11) is 0.